The fourth-order valence-corrected chi connectivity index (χ4v) is 1.38. The highest BCUT2D eigenvalue weighted by atomic mass is 79.9. The first kappa shape index (κ1) is 8.80. The number of rotatable bonds is 1. The van der Waals surface area contributed by atoms with Crippen molar-refractivity contribution in [1.29, 1.82) is 0 Å². The second kappa shape index (κ2) is 3.40. The van der Waals surface area contributed by atoms with Crippen molar-refractivity contribution in [2.75, 3.05) is 0 Å². The van der Waals surface area contributed by atoms with Crippen LogP contribution >= 0.6 is 31.9 Å². The molecule has 0 bridgehead atoms. The average Bonchev–Trinajstić information content (AvgIpc) is 1.94. The van der Waals surface area contributed by atoms with Gasteiger partial charge in [-0.05, 0) is 44.8 Å². The van der Waals surface area contributed by atoms with Gasteiger partial charge in [0.05, 0.1) is 5.56 Å². The summed E-state index contributed by atoms with van der Waals surface area (Å²) in [6, 6.07) is 1.62. The Bertz CT molecular complexity index is 301. The zero-order valence-electron chi connectivity index (χ0n) is 5.64. The van der Waals surface area contributed by atoms with Gasteiger partial charge in [0.1, 0.15) is 9.21 Å². The van der Waals surface area contributed by atoms with Gasteiger partial charge < -0.3 is 0 Å². The lowest BCUT2D eigenvalue weighted by molar-refractivity contribution is 0.101. The predicted octanol–water partition coefficient (Wildman–Crippen LogP) is 2.20. The van der Waals surface area contributed by atoms with Crippen LogP contribution in [-0.2, 0) is 0 Å². The molecule has 58 valence electrons. The van der Waals surface area contributed by atoms with Crippen molar-refractivity contribution >= 4 is 37.6 Å². The summed E-state index contributed by atoms with van der Waals surface area (Å²) in [6.07, 6.45) is 0. The highest BCUT2D eigenvalue weighted by molar-refractivity contribution is 9.10. The molecule has 0 fully saturated rings. The molecule has 0 N–H and O–H groups in total. The molecule has 0 saturated heterocycles. The van der Waals surface area contributed by atoms with E-state index in [1.54, 1.807) is 6.07 Å². The molecule has 1 rings (SSSR count). The van der Waals surface area contributed by atoms with Crippen LogP contribution < -0.4 is 0 Å². The van der Waals surface area contributed by atoms with E-state index in [2.05, 4.69) is 42.1 Å². The molecule has 0 radical (unpaired) electrons. The van der Waals surface area contributed by atoms with Gasteiger partial charge in [-0.25, -0.2) is 0 Å². The maximum atomic E-state index is 10.9. The largest absolute Gasteiger partial charge is 0.294 e. The van der Waals surface area contributed by atoms with E-state index in [1.807, 2.05) is 0 Å². The van der Waals surface area contributed by atoms with E-state index in [9.17, 15) is 4.79 Å². The third kappa shape index (κ3) is 2.07. The first-order chi connectivity index (χ1) is 5.11. The van der Waals surface area contributed by atoms with Crippen LogP contribution in [0.1, 0.15) is 17.3 Å². The lowest BCUT2D eigenvalue weighted by Crippen LogP contribution is -1.97. The van der Waals surface area contributed by atoms with Crippen LogP contribution in [0.15, 0.2) is 15.3 Å². The number of hydrogen-bond donors (Lipinski definition) is 0. The van der Waals surface area contributed by atoms with Crippen LogP contribution in [0.5, 0.6) is 0 Å². The molecule has 0 saturated carbocycles. The van der Waals surface area contributed by atoms with Crippen molar-refractivity contribution in [1.82, 2.24) is 10.2 Å². The summed E-state index contributed by atoms with van der Waals surface area (Å²) in [5.74, 6) is -0.0347. The zero-order valence-corrected chi connectivity index (χ0v) is 8.81. The first-order valence-corrected chi connectivity index (χ1v) is 4.39. The van der Waals surface area contributed by atoms with Gasteiger partial charge in [-0.15, -0.1) is 10.2 Å². The molecular formula is C6H4Br2N2O. The van der Waals surface area contributed by atoms with Crippen LogP contribution in [0.4, 0.5) is 0 Å². The quantitative estimate of drug-likeness (QED) is 0.740. The van der Waals surface area contributed by atoms with E-state index in [0.29, 0.717) is 14.8 Å². The summed E-state index contributed by atoms with van der Waals surface area (Å²) < 4.78 is 1.04. The second-order valence-corrected chi connectivity index (χ2v) is 3.49. The van der Waals surface area contributed by atoms with Crippen LogP contribution in [0.2, 0.25) is 0 Å². The van der Waals surface area contributed by atoms with Crippen LogP contribution in [0.3, 0.4) is 0 Å². The first-order valence-electron chi connectivity index (χ1n) is 2.81. The molecule has 0 unspecified atom stereocenters. The molecule has 0 spiro atoms. The highest BCUT2D eigenvalue weighted by Crippen LogP contribution is 2.16. The standard InChI is InChI=1S/C6H4Br2N2O/c1-3(11)4-2-5(7)9-10-6(4)8/h2H,1H3. The van der Waals surface area contributed by atoms with E-state index in [-0.39, 0.29) is 5.78 Å². The number of carbonyl (C=O) groups excluding carboxylic acids is 1. The number of hydrogen-bond acceptors (Lipinski definition) is 3. The summed E-state index contributed by atoms with van der Waals surface area (Å²) in [4.78, 5) is 10.9. The van der Waals surface area contributed by atoms with E-state index in [1.165, 1.54) is 6.92 Å². The smallest absolute Gasteiger partial charge is 0.162 e. The normalized spacial score (nSPS) is 9.73. The Morgan fingerprint density at radius 1 is 1.45 bits per heavy atom. The molecule has 3 nitrogen and oxygen atoms in total. The van der Waals surface area contributed by atoms with Gasteiger partial charge in [-0.1, -0.05) is 0 Å². The lowest BCUT2D eigenvalue weighted by atomic mass is 10.2. The number of carbonyl (C=O) groups is 1. The lowest BCUT2D eigenvalue weighted by Gasteiger charge is -1.96. The maximum absolute atomic E-state index is 10.9. The third-order valence-electron chi connectivity index (χ3n) is 1.10. The van der Waals surface area contributed by atoms with Crippen LogP contribution in [-0.4, -0.2) is 16.0 Å². The fraction of sp³-hybridized carbons (Fsp3) is 0.167. The number of nitrogens with zero attached hydrogens (tertiary/aromatic N) is 2. The van der Waals surface area contributed by atoms with Crippen molar-refractivity contribution in [2.24, 2.45) is 0 Å². The van der Waals surface area contributed by atoms with E-state index in [4.69, 9.17) is 0 Å². The molecule has 0 atom stereocenters. The van der Waals surface area contributed by atoms with Crippen LogP contribution in [0.25, 0.3) is 0 Å². The Morgan fingerprint density at radius 3 is 2.55 bits per heavy atom. The summed E-state index contributed by atoms with van der Waals surface area (Å²) in [6.45, 7) is 1.48. The van der Waals surface area contributed by atoms with Gasteiger partial charge in [-0.3, -0.25) is 4.79 Å². The average molecular weight is 280 g/mol. The molecule has 1 aromatic heterocycles. The number of Topliss-reactive ketones (excluding diaryl/α,β-unsaturated/α-hetero) is 1. The molecule has 1 heterocycles. The van der Waals surface area contributed by atoms with Gasteiger partial charge in [-0.2, -0.15) is 0 Å². The van der Waals surface area contributed by atoms with Crippen molar-refractivity contribution in [2.45, 2.75) is 6.92 Å². The van der Waals surface area contributed by atoms with Crippen molar-refractivity contribution in [3.05, 3.63) is 20.8 Å². The summed E-state index contributed by atoms with van der Waals surface area (Å²) in [5, 5.41) is 7.39. The highest BCUT2D eigenvalue weighted by Gasteiger charge is 2.06. The molecule has 0 aromatic carbocycles. The monoisotopic (exact) mass is 278 g/mol. The predicted molar refractivity (Wildman–Crippen MR) is 47.4 cm³/mol. The number of halogens is 2. The summed E-state index contributed by atoms with van der Waals surface area (Å²) in [7, 11) is 0. The number of aromatic nitrogens is 2. The van der Waals surface area contributed by atoms with Crippen molar-refractivity contribution in [3.8, 4) is 0 Å². The van der Waals surface area contributed by atoms with Gasteiger partial charge >= 0.3 is 0 Å². The molecule has 0 amide bonds. The fourth-order valence-electron chi connectivity index (χ4n) is 0.600. The van der Waals surface area contributed by atoms with Crippen molar-refractivity contribution < 1.29 is 4.79 Å². The van der Waals surface area contributed by atoms with Gasteiger partial charge in [0.25, 0.3) is 0 Å². The minimum atomic E-state index is -0.0347. The van der Waals surface area contributed by atoms with E-state index in [0.717, 1.165) is 0 Å². The Hall–Kier alpha value is -0.290. The van der Waals surface area contributed by atoms with Crippen molar-refractivity contribution in [3.63, 3.8) is 0 Å². The zero-order chi connectivity index (χ0) is 8.43. The minimum absolute atomic E-state index is 0.0347. The molecule has 0 aliphatic rings. The molecular weight excluding hydrogens is 276 g/mol. The molecule has 11 heavy (non-hydrogen) atoms. The van der Waals surface area contributed by atoms with Gasteiger partial charge in [0, 0.05) is 0 Å². The Balaban J connectivity index is 3.23. The SMILES string of the molecule is CC(=O)c1cc(Br)nnc1Br. The van der Waals surface area contributed by atoms with Gasteiger partial charge in [0.2, 0.25) is 0 Å². The summed E-state index contributed by atoms with van der Waals surface area (Å²) in [5.41, 5.74) is 0.534. The Morgan fingerprint density at radius 2 is 2.09 bits per heavy atom. The second-order valence-electron chi connectivity index (χ2n) is 1.93. The van der Waals surface area contributed by atoms with E-state index >= 15 is 0 Å². The molecule has 5 heteroatoms. The minimum Gasteiger partial charge on any atom is -0.294 e. The molecule has 0 aliphatic carbocycles. The molecule has 0 aliphatic heterocycles. The number of ketones is 1. The Labute approximate surface area is 80.5 Å². The van der Waals surface area contributed by atoms with E-state index < -0.39 is 0 Å². The Kier molecular flexibility index (Phi) is 2.72. The van der Waals surface area contributed by atoms with Crippen LogP contribution in [0, 0.1) is 0 Å². The maximum Gasteiger partial charge on any atom is 0.162 e. The summed E-state index contributed by atoms with van der Waals surface area (Å²) >= 11 is 6.23. The molecule has 1 aromatic rings. The van der Waals surface area contributed by atoms with Gasteiger partial charge in [0.15, 0.2) is 5.78 Å². The third-order valence-corrected chi connectivity index (χ3v) is 2.07. The topological polar surface area (TPSA) is 42.9 Å².